The quantitative estimate of drug-likeness (QED) is 0.700. The van der Waals surface area contributed by atoms with E-state index < -0.39 is 0 Å². The van der Waals surface area contributed by atoms with Crippen LogP contribution in [0.25, 0.3) is 10.9 Å². The lowest BCUT2D eigenvalue weighted by molar-refractivity contribution is 0.182. The van der Waals surface area contributed by atoms with Crippen molar-refractivity contribution in [2.75, 3.05) is 19.0 Å². The molecule has 3 aromatic rings. The van der Waals surface area contributed by atoms with Crippen LogP contribution in [-0.2, 0) is 18.0 Å². The number of benzene rings is 2. The van der Waals surface area contributed by atoms with E-state index in [2.05, 4.69) is 29.4 Å². The van der Waals surface area contributed by atoms with Crippen LogP contribution in [0.4, 0.5) is 5.69 Å². The third-order valence-electron chi connectivity index (χ3n) is 3.74. The number of nitrogens with one attached hydrogen (secondary N) is 1. The van der Waals surface area contributed by atoms with Gasteiger partial charge in [-0.2, -0.15) is 0 Å². The highest BCUT2D eigenvalue weighted by Gasteiger charge is 2.07. The van der Waals surface area contributed by atoms with Gasteiger partial charge in [-0.1, -0.05) is 30.3 Å². The number of hydrogen-bond donors (Lipinski definition) is 1. The molecule has 24 heavy (non-hydrogen) atoms. The molecule has 0 aliphatic rings. The van der Waals surface area contributed by atoms with Gasteiger partial charge in [-0.05, 0) is 36.8 Å². The highest BCUT2D eigenvalue weighted by molar-refractivity contribution is 5.92. The molecule has 3 rings (SSSR count). The number of ether oxygens (including phenoxy) is 2. The SMILES string of the molecule is CCNc1cc(COC)nc2ccc(OCc3ccccc3)cc12. The van der Waals surface area contributed by atoms with Gasteiger partial charge in [0.15, 0.2) is 0 Å². The van der Waals surface area contributed by atoms with Crippen LogP contribution in [-0.4, -0.2) is 18.6 Å². The molecule has 0 amide bonds. The number of fused-ring (bicyclic) bond motifs is 1. The van der Waals surface area contributed by atoms with E-state index in [-0.39, 0.29) is 0 Å². The zero-order valence-electron chi connectivity index (χ0n) is 14.1. The van der Waals surface area contributed by atoms with Gasteiger partial charge in [0.2, 0.25) is 0 Å². The Hall–Kier alpha value is -2.59. The molecule has 0 bridgehead atoms. The Bertz CT molecular complexity index is 803. The fourth-order valence-electron chi connectivity index (χ4n) is 2.65. The van der Waals surface area contributed by atoms with Crippen molar-refractivity contribution in [1.29, 1.82) is 0 Å². The van der Waals surface area contributed by atoms with Crippen LogP contribution in [0.3, 0.4) is 0 Å². The summed E-state index contributed by atoms with van der Waals surface area (Å²) in [6.45, 7) is 3.98. The highest BCUT2D eigenvalue weighted by atomic mass is 16.5. The van der Waals surface area contributed by atoms with E-state index in [0.717, 1.165) is 40.1 Å². The maximum Gasteiger partial charge on any atom is 0.120 e. The van der Waals surface area contributed by atoms with Gasteiger partial charge < -0.3 is 14.8 Å². The molecule has 1 N–H and O–H groups in total. The Labute approximate surface area is 142 Å². The molecule has 0 aliphatic heterocycles. The van der Waals surface area contributed by atoms with Gasteiger partial charge in [-0.15, -0.1) is 0 Å². The standard InChI is InChI=1S/C20H22N2O2/c1-3-21-20-11-16(14-23-2)22-19-10-9-17(12-18(19)20)24-13-15-7-5-4-6-8-15/h4-12H,3,13-14H2,1-2H3,(H,21,22). The Morgan fingerprint density at radius 3 is 2.58 bits per heavy atom. The molecule has 0 fully saturated rings. The summed E-state index contributed by atoms with van der Waals surface area (Å²) in [5.41, 5.74) is 4.06. The van der Waals surface area contributed by atoms with Crippen molar-refractivity contribution in [3.8, 4) is 5.75 Å². The monoisotopic (exact) mass is 322 g/mol. The van der Waals surface area contributed by atoms with Gasteiger partial charge in [0, 0.05) is 24.7 Å². The maximum atomic E-state index is 5.93. The lowest BCUT2D eigenvalue weighted by Gasteiger charge is -2.12. The largest absolute Gasteiger partial charge is 0.489 e. The zero-order valence-corrected chi connectivity index (χ0v) is 14.1. The predicted molar refractivity (Wildman–Crippen MR) is 97.4 cm³/mol. The molecule has 0 saturated carbocycles. The molecule has 0 aliphatic carbocycles. The first-order valence-corrected chi connectivity index (χ1v) is 8.13. The summed E-state index contributed by atoms with van der Waals surface area (Å²) in [7, 11) is 1.68. The average molecular weight is 322 g/mol. The van der Waals surface area contributed by atoms with Crippen molar-refractivity contribution in [2.45, 2.75) is 20.1 Å². The molecule has 1 aromatic heterocycles. The summed E-state index contributed by atoms with van der Waals surface area (Å²) in [6, 6.07) is 18.2. The predicted octanol–water partition coefficient (Wildman–Crippen LogP) is 4.39. The van der Waals surface area contributed by atoms with E-state index in [1.807, 2.05) is 42.5 Å². The number of methoxy groups -OCH3 is 1. The summed E-state index contributed by atoms with van der Waals surface area (Å²) >= 11 is 0. The third-order valence-corrected chi connectivity index (χ3v) is 3.74. The van der Waals surface area contributed by atoms with Gasteiger partial charge >= 0.3 is 0 Å². The maximum absolute atomic E-state index is 5.93. The van der Waals surface area contributed by atoms with Crippen LogP contribution in [0.1, 0.15) is 18.2 Å². The van der Waals surface area contributed by atoms with E-state index in [0.29, 0.717) is 13.2 Å². The van der Waals surface area contributed by atoms with E-state index in [1.54, 1.807) is 7.11 Å². The van der Waals surface area contributed by atoms with E-state index in [4.69, 9.17) is 9.47 Å². The highest BCUT2D eigenvalue weighted by Crippen LogP contribution is 2.28. The smallest absolute Gasteiger partial charge is 0.120 e. The van der Waals surface area contributed by atoms with Crippen molar-refractivity contribution in [2.24, 2.45) is 0 Å². The molecule has 4 nitrogen and oxygen atoms in total. The number of hydrogen-bond acceptors (Lipinski definition) is 4. The minimum Gasteiger partial charge on any atom is -0.489 e. The number of rotatable bonds is 7. The first-order valence-electron chi connectivity index (χ1n) is 8.13. The van der Waals surface area contributed by atoms with Crippen LogP contribution >= 0.6 is 0 Å². The first kappa shape index (κ1) is 16.3. The van der Waals surface area contributed by atoms with Crippen LogP contribution in [0.2, 0.25) is 0 Å². The molecule has 0 unspecified atom stereocenters. The third kappa shape index (κ3) is 3.84. The van der Waals surface area contributed by atoms with Crippen LogP contribution < -0.4 is 10.1 Å². The molecule has 4 heteroatoms. The molecule has 0 atom stereocenters. The summed E-state index contributed by atoms with van der Waals surface area (Å²) in [5.74, 6) is 0.840. The van der Waals surface area contributed by atoms with Gasteiger partial charge in [-0.3, -0.25) is 4.98 Å². The second-order valence-corrected chi connectivity index (χ2v) is 5.58. The van der Waals surface area contributed by atoms with Gasteiger partial charge in [0.05, 0.1) is 17.8 Å². The Balaban J connectivity index is 1.88. The lowest BCUT2D eigenvalue weighted by Crippen LogP contribution is -2.02. The van der Waals surface area contributed by atoms with Gasteiger partial charge in [0.25, 0.3) is 0 Å². The van der Waals surface area contributed by atoms with Crippen molar-refractivity contribution >= 4 is 16.6 Å². The van der Waals surface area contributed by atoms with E-state index in [9.17, 15) is 0 Å². The van der Waals surface area contributed by atoms with E-state index >= 15 is 0 Å². The Morgan fingerprint density at radius 2 is 1.83 bits per heavy atom. The van der Waals surface area contributed by atoms with Gasteiger partial charge in [0.1, 0.15) is 12.4 Å². The minimum atomic E-state index is 0.501. The van der Waals surface area contributed by atoms with Crippen LogP contribution in [0, 0.1) is 0 Å². The fourth-order valence-corrected chi connectivity index (χ4v) is 2.65. The molecule has 2 aromatic carbocycles. The van der Waals surface area contributed by atoms with Gasteiger partial charge in [-0.25, -0.2) is 0 Å². The molecule has 1 heterocycles. The molecule has 0 saturated heterocycles. The molecule has 0 radical (unpaired) electrons. The lowest BCUT2D eigenvalue weighted by atomic mass is 10.1. The second-order valence-electron chi connectivity index (χ2n) is 5.58. The number of nitrogens with zero attached hydrogens (tertiary/aromatic N) is 1. The Morgan fingerprint density at radius 1 is 1.00 bits per heavy atom. The first-order chi connectivity index (χ1) is 11.8. The average Bonchev–Trinajstić information content (AvgIpc) is 2.61. The molecule has 124 valence electrons. The minimum absolute atomic E-state index is 0.501. The topological polar surface area (TPSA) is 43.4 Å². The normalized spacial score (nSPS) is 10.8. The van der Waals surface area contributed by atoms with Crippen molar-refractivity contribution in [3.05, 3.63) is 65.9 Å². The van der Waals surface area contributed by atoms with Crippen molar-refractivity contribution in [1.82, 2.24) is 4.98 Å². The zero-order chi connectivity index (χ0) is 16.8. The fraction of sp³-hybridized carbons (Fsp3) is 0.250. The van der Waals surface area contributed by atoms with E-state index in [1.165, 1.54) is 0 Å². The number of anilines is 1. The summed E-state index contributed by atoms with van der Waals surface area (Å²) in [5, 5.41) is 4.46. The number of aromatic nitrogens is 1. The summed E-state index contributed by atoms with van der Waals surface area (Å²) < 4.78 is 11.1. The van der Waals surface area contributed by atoms with Crippen LogP contribution in [0.5, 0.6) is 5.75 Å². The molecular weight excluding hydrogens is 300 g/mol. The van der Waals surface area contributed by atoms with Crippen LogP contribution in [0.15, 0.2) is 54.6 Å². The van der Waals surface area contributed by atoms with Crippen molar-refractivity contribution < 1.29 is 9.47 Å². The summed E-state index contributed by atoms with van der Waals surface area (Å²) in [4.78, 5) is 4.65. The molecular formula is C20H22N2O2. The van der Waals surface area contributed by atoms with Crippen molar-refractivity contribution in [3.63, 3.8) is 0 Å². The molecule has 0 spiro atoms. The second kappa shape index (κ2) is 7.79. The summed E-state index contributed by atoms with van der Waals surface area (Å²) in [6.07, 6.45) is 0. The number of pyridine rings is 1. The Kier molecular flexibility index (Phi) is 5.29.